The van der Waals surface area contributed by atoms with E-state index in [0.29, 0.717) is 18.7 Å². The maximum Gasteiger partial charge on any atom is 0.416 e. The van der Waals surface area contributed by atoms with Crippen molar-refractivity contribution < 1.29 is 22.7 Å². The minimum Gasteiger partial charge on any atom is -0.375 e. The van der Waals surface area contributed by atoms with Crippen LogP contribution in [0.15, 0.2) is 24.3 Å². The van der Waals surface area contributed by atoms with Gasteiger partial charge >= 0.3 is 6.18 Å². The molecule has 1 heterocycles. The van der Waals surface area contributed by atoms with Gasteiger partial charge in [-0.1, -0.05) is 18.2 Å². The number of carbonyl (C=O) groups excluding carboxylic acids is 1. The average Bonchev–Trinajstić information content (AvgIpc) is 2.92. The maximum atomic E-state index is 13.0. The summed E-state index contributed by atoms with van der Waals surface area (Å²) in [5.74, 6) is 0.0854. The number of carbonyl (C=O) groups is 1. The van der Waals surface area contributed by atoms with Crippen molar-refractivity contribution in [3.8, 4) is 0 Å². The molecule has 1 aliphatic heterocycles. The number of nitrogens with zero attached hydrogens (tertiary/aromatic N) is 1. The first kappa shape index (κ1) is 17.7. The number of rotatable bonds is 6. The highest BCUT2D eigenvalue weighted by atomic mass is 19.4. The van der Waals surface area contributed by atoms with Crippen LogP contribution in [0.5, 0.6) is 0 Å². The molecule has 0 saturated carbocycles. The number of benzene rings is 1. The Labute approximate surface area is 133 Å². The Morgan fingerprint density at radius 2 is 2.13 bits per heavy atom. The summed E-state index contributed by atoms with van der Waals surface area (Å²) in [7, 11) is 1.45. The van der Waals surface area contributed by atoms with Crippen molar-refractivity contribution in [2.24, 2.45) is 5.92 Å². The molecule has 1 N–H and O–H groups in total. The molecule has 4 nitrogen and oxygen atoms in total. The molecular weight excluding hydrogens is 309 g/mol. The van der Waals surface area contributed by atoms with E-state index in [4.69, 9.17) is 4.74 Å². The van der Waals surface area contributed by atoms with Crippen molar-refractivity contribution in [3.05, 3.63) is 35.4 Å². The Kier molecular flexibility index (Phi) is 6.01. The van der Waals surface area contributed by atoms with Gasteiger partial charge in [-0.25, -0.2) is 0 Å². The summed E-state index contributed by atoms with van der Waals surface area (Å²) in [6.07, 6.45) is -3.47. The van der Waals surface area contributed by atoms with E-state index < -0.39 is 11.7 Å². The van der Waals surface area contributed by atoms with E-state index in [9.17, 15) is 18.0 Å². The van der Waals surface area contributed by atoms with Gasteiger partial charge in [-0.2, -0.15) is 13.2 Å². The Hall–Kier alpha value is -1.60. The number of amides is 1. The summed E-state index contributed by atoms with van der Waals surface area (Å²) in [6.45, 7) is 2.24. The second-order valence-corrected chi connectivity index (χ2v) is 5.78. The molecule has 0 spiro atoms. The van der Waals surface area contributed by atoms with Crippen LogP contribution in [0, 0.1) is 5.92 Å². The number of methoxy groups -OCH3 is 1. The molecule has 0 radical (unpaired) electrons. The summed E-state index contributed by atoms with van der Waals surface area (Å²) in [4.78, 5) is 13.4. The van der Waals surface area contributed by atoms with Crippen molar-refractivity contribution in [2.75, 3.05) is 33.4 Å². The van der Waals surface area contributed by atoms with E-state index >= 15 is 0 Å². The van der Waals surface area contributed by atoms with Crippen LogP contribution in [0.4, 0.5) is 13.2 Å². The molecule has 1 saturated heterocycles. The molecule has 23 heavy (non-hydrogen) atoms. The lowest BCUT2D eigenvalue weighted by Crippen LogP contribution is -2.33. The molecule has 1 aliphatic rings. The molecule has 1 aromatic rings. The number of nitrogens with one attached hydrogen (secondary N) is 1. The SMILES string of the molecule is COCC(=O)NC[C@@H]1CCN(Cc2ccccc2C(F)(F)F)C1. The molecule has 1 fully saturated rings. The fourth-order valence-corrected chi connectivity index (χ4v) is 2.84. The molecule has 1 aromatic carbocycles. The maximum absolute atomic E-state index is 13.0. The molecule has 1 atom stereocenters. The number of ether oxygens (including phenoxy) is 1. The number of hydrogen-bond acceptors (Lipinski definition) is 3. The van der Waals surface area contributed by atoms with Gasteiger partial charge in [-0.3, -0.25) is 9.69 Å². The third-order valence-corrected chi connectivity index (χ3v) is 3.95. The molecule has 0 bridgehead atoms. The van der Waals surface area contributed by atoms with Gasteiger partial charge in [0.1, 0.15) is 6.61 Å². The Morgan fingerprint density at radius 3 is 2.83 bits per heavy atom. The van der Waals surface area contributed by atoms with Gasteiger partial charge in [0.05, 0.1) is 5.56 Å². The zero-order valence-corrected chi connectivity index (χ0v) is 13.0. The highest BCUT2D eigenvalue weighted by Gasteiger charge is 2.34. The van der Waals surface area contributed by atoms with Crippen LogP contribution in [0.2, 0.25) is 0 Å². The molecule has 0 unspecified atom stereocenters. The third-order valence-electron chi connectivity index (χ3n) is 3.95. The Bertz CT molecular complexity index is 534. The summed E-state index contributed by atoms with van der Waals surface area (Å²) in [6, 6.07) is 5.68. The minimum absolute atomic E-state index is 0.0232. The van der Waals surface area contributed by atoms with Gasteiger partial charge in [0.2, 0.25) is 5.91 Å². The van der Waals surface area contributed by atoms with E-state index in [2.05, 4.69) is 5.32 Å². The average molecular weight is 330 g/mol. The zero-order valence-electron chi connectivity index (χ0n) is 13.0. The van der Waals surface area contributed by atoms with Crippen LogP contribution in [-0.2, 0) is 22.3 Å². The van der Waals surface area contributed by atoms with Crippen LogP contribution in [0.3, 0.4) is 0 Å². The van der Waals surface area contributed by atoms with Crippen LogP contribution >= 0.6 is 0 Å². The highest BCUT2D eigenvalue weighted by Crippen LogP contribution is 2.33. The second kappa shape index (κ2) is 7.79. The number of halogens is 3. The topological polar surface area (TPSA) is 41.6 Å². The molecule has 128 valence electrons. The largest absolute Gasteiger partial charge is 0.416 e. The number of likely N-dealkylation sites (tertiary alicyclic amines) is 1. The van der Waals surface area contributed by atoms with Crippen LogP contribution < -0.4 is 5.32 Å². The molecule has 2 rings (SSSR count). The first-order valence-electron chi connectivity index (χ1n) is 7.53. The molecule has 1 amide bonds. The summed E-state index contributed by atoms with van der Waals surface area (Å²) >= 11 is 0. The van der Waals surface area contributed by atoms with E-state index in [1.54, 1.807) is 6.07 Å². The Balaban J connectivity index is 1.88. The molecule has 7 heteroatoms. The van der Waals surface area contributed by atoms with E-state index in [1.165, 1.54) is 19.2 Å². The predicted molar refractivity (Wildman–Crippen MR) is 79.7 cm³/mol. The molecule has 0 aromatic heterocycles. The monoisotopic (exact) mass is 330 g/mol. The lowest BCUT2D eigenvalue weighted by atomic mass is 10.1. The lowest BCUT2D eigenvalue weighted by molar-refractivity contribution is -0.138. The molecular formula is C16H21F3N2O2. The second-order valence-electron chi connectivity index (χ2n) is 5.78. The summed E-state index contributed by atoms with van der Waals surface area (Å²) in [5.41, 5.74) is -0.277. The van der Waals surface area contributed by atoms with Crippen molar-refractivity contribution in [3.63, 3.8) is 0 Å². The van der Waals surface area contributed by atoms with Gasteiger partial charge in [-0.05, 0) is 30.5 Å². The van der Waals surface area contributed by atoms with Crippen LogP contribution in [0.25, 0.3) is 0 Å². The quantitative estimate of drug-likeness (QED) is 0.870. The minimum atomic E-state index is -4.33. The van der Waals surface area contributed by atoms with E-state index in [-0.39, 0.29) is 25.0 Å². The van der Waals surface area contributed by atoms with Crippen molar-refractivity contribution in [1.29, 1.82) is 0 Å². The Morgan fingerprint density at radius 1 is 1.39 bits per heavy atom. The fourth-order valence-electron chi connectivity index (χ4n) is 2.84. The van der Waals surface area contributed by atoms with Crippen molar-refractivity contribution in [1.82, 2.24) is 10.2 Å². The van der Waals surface area contributed by atoms with Crippen molar-refractivity contribution in [2.45, 2.75) is 19.1 Å². The highest BCUT2D eigenvalue weighted by molar-refractivity contribution is 5.77. The normalized spacial score (nSPS) is 19.0. The van der Waals surface area contributed by atoms with E-state index in [0.717, 1.165) is 19.0 Å². The van der Waals surface area contributed by atoms with Gasteiger partial charge in [0, 0.05) is 26.7 Å². The summed E-state index contributed by atoms with van der Waals surface area (Å²) < 4.78 is 43.7. The smallest absolute Gasteiger partial charge is 0.375 e. The van der Waals surface area contributed by atoms with Gasteiger partial charge in [0.25, 0.3) is 0 Å². The standard InChI is InChI=1S/C16H21F3N2O2/c1-23-11-15(22)20-8-12-6-7-21(9-12)10-13-4-2-3-5-14(13)16(17,18)19/h2-5,12H,6-11H2,1H3,(H,20,22)/t12-/m0/s1. The van der Waals surface area contributed by atoms with Gasteiger partial charge in [-0.15, -0.1) is 0 Å². The first-order chi connectivity index (χ1) is 10.9. The van der Waals surface area contributed by atoms with Gasteiger partial charge in [0.15, 0.2) is 0 Å². The van der Waals surface area contributed by atoms with Crippen molar-refractivity contribution >= 4 is 5.91 Å². The van der Waals surface area contributed by atoms with Crippen LogP contribution in [0.1, 0.15) is 17.5 Å². The lowest BCUT2D eigenvalue weighted by Gasteiger charge is -2.19. The third kappa shape index (κ3) is 5.21. The van der Waals surface area contributed by atoms with Crippen LogP contribution in [-0.4, -0.2) is 44.2 Å². The number of alkyl halides is 3. The van der Waals surface area contributed by atoms with Gasteiger partial charge < -0.3 is 10.1 Å². The van der Waals surface area contributed by atoms with E-state index in [1.807, 2.05) is 4.90 Å². The zero-order chi connectivity index (χ0) is 16.9. The fraction of sp³-hybridized carbons (Fsp3) is 0.562. The molecule has 0 aliphatic carbocycles. The number of hydrogen-bond donors (Lipinski definition) is 1. The first-order valence-corrected chi connectivity index (χ1v) is 7.53. The summed E-state index contributed by atoms with van der Waals surface area (Å²) in [5, 5.41) is 2.77. The predicted octanol–water partition coefficient (Wildman–Crippen LogP) is 2.29.